The van der Waals surface area contributed by atoms with Crippen LogP contribution in [0, 0.1) is 0 Å². The molecule has 4 rings (SSSR count). The van der Waals surface area contributed by atoms with Gasteiger partial charge in [0.1, 0.15) is 5.76 Å². The molecule has 2 amide bonds. The molecule has 0 aliphatic carbocycles. The minimum Gasteiger partial charge on any atom is -0.454 e. The second kappa shape index (κ2) is 11.1. The van der Waals surface area contributed by atoms with Crippen LogP contribution in [-0.4, -0.2) is 32.8 Å². The second-order valence-corrected chi connectivity index (χ2v) is 8.02. The van der Waals surface area contributed by atoms with Crippen molar-refractivity contribution >= 4 is 11.8 Å². The molecular formula is C27H28N4O3. The van der Waals surface area contributed by atoms with E-state index in [0.717, 1.165) is 17.7 Å². The fourth-order valence-corrected chi connectivity index (χ4v) is 3.75. The predicted molar refractivity (Wildman–Crippen MR) is 129 cm³/mol. The molecule has 3 heterocycles. The number of carbonyl (C=O) groups is 2. The Hall–Kier alpha value is -4.13. The molecule has 0 aliphatic heterocycles. The second-order valence-electron chi connectivity index (χ2n) is 8.02. The minimum absolute atomic E-state index is 0.0151. The van der Waals surface area contributed by atoms with Gasteiger partial charge in [-0.3, -0.25) is 14.6 Å². The summed E-state index contributed by atoms with van der Waals surface area (Å²) in [6.07, 6.45) is 6.21. The van der Waals surface area contributed by atoms with Gasteiger partial charge in [0.15, 0.2) is 5.76 Å². The maximum atomic E-state index is 13.0. The van der Waals surface area contributed by atoms with Crippen LogP contribution in [0.5, 0.6) is 0 Å². The highest BCUT2D eigenvalue weighted by Crippen LogP contribution is 2.16. The lowest BCUT2D eigenvalue weighted by atomic mass is 10.2. The molecule has 0 unspecified atom stereocenters. The molecule has 0 aliphatic rings. The van der Waals surface area contributed by atoms with Crippen molar-refractivity contribution in [3.8, 4) is 0 Å². The summed E-state index contributed by atoms with van der Waals surface area (Å²) in [6.45, 7) is 4.10. The van der Waals surface area contributed by atoms with Gasteiger partial charge in [0, 0.05) is 42.9 Å². The normalized spacial score (nSPS) is 10.7. The van der Waals surface area contributed by atoms with Crippen LogP contribution in [0.2, 0.25) is 0 Å². The molecule has 0 saturated heterocycles. The van der Waals surface area contributed by atoms with Gasteiger partial charge in [0.2, 0.25) is 0 Å². The monoisotopic (exact) mass is 456 g/mol. The number of hydrogen-bond donors (Lipinski definition) is 1. The molecule has 0 atom stereocenters. The summed E-state index contributed by atoms with van der Waals surface area (Å²) in [5, 5.41) is 2.86. The zero-order chi connectivity index (χ0) is 23.8. The number of amides is 2. The first-order valence-corrected chi connectivity index (χ1v) is 11.4. The highest BCUT2D eigenvalue weighted by molar-refractivity contribution is 5.94. The Morgan fingerprint density at radius 2 is 1.79 bits per heavy atom. The van der Waals surface area contributed by atoms with Gasteiger partial charge in [0.05, 0.1) is 13.1 Å². The van der Waals surface area contributed by atoms with E-state index in [9.17, 15) is 9.59 Å². The van der Waals surface area contributed by atoms with Crippen LogP contribution in [0.25, 0.3) is 0 Å². The number of furan rings is 1. The topological polar surface area (TPSA) is 80.4 Å². The number of rotatable bonds is 10. The van der Waals surface area contributed by atoms with E-state index < -0.39 is 0 Å². The van der Waals surface area contributed by atoms with Crippen molar-refractivity contribution in [1.29, 1.82) is 0 Å². The molecule has 0 saturated carbocycles. The van der Waals surface area contributed by atoms with Crippen LogP contribution in [-0.2, 0) is 19.6 Å². The Balaban J connectivity index is 1.40. The molecule has 7 nitrogen and oxygen atoms in total. The third kappa shape index (κ3) is 5.81. The van der Waals surface area contributed by atoms with Gasteiger partial charge in [-0.2, -0.15) is 0 Å². The maximum absolute atomic E-state index is 13.0. The molecule has 1 N–H and O–H groups in total. The maximum Gasteiger partial charge on any atom is 0.287 e. The number of benzene rings is 1. The summed E-state index contributed by atoms with van der Waals surface area (Å²) in [7, 11) is 0. The molecule has 4 aromatic rings. The van der Waals surface area contributed by atoms with E-state index in [0.29, 0.717) is 37.5 Å². The Labute approximate surface area is 199 Å². The van der Waals surface area contributed by atoms with Gasteiger partial charge in [-0.25, -0.2) is 0 Å². The number of pyridine rings is 1. The van der Waals surface area contributed by atoms with Crippen molar-refractivity contribution in [2.45, 2.75) is 33.0 Å². The lowest BCUT2D eigenvalue weighted by Crippen LogP contribution is -2.32. The van der Waals surface area contributed by atoms with Gasteiger partial charge in [-0.1, -0.05) is 25.1 Å². The smallest absolute Gasteiger partial charge is 0.287 e. The first-order valence-electron chi connectivity index (χ1n) is 11.4. The highest BCUT2D eigenvalue weighted by atomic mass is 16.4. The number of nitrogens with zero attached hydrogens (tertiary/aromatic N) is 3. The summed E-state index contributed by atoms with van der Waals surface area (Å²) in [5.41, 5.74) is 2.65. The number of hydrogen-bond acceptors (Lipinski definition) is 4. The van der Waals surface area contributed by atoms with Crippen LogP contribution in [0.1, 0.15) is 51.3 Å². The quantitative estimate of drug-likeness (QED) is 0.381. The average molecular weight is 457 g/mol. The largest absolute Gasteiger partial charge is 0.454 e. The van der Waals surface area contributed by atoms with Crippen molar-refractivity contribution in [3.05, 3.63) is 114 Å². The van der Waals surface area contributed by atoms with E-state index in [1.807, 2.05) is 76.3 Å². The zero-order valence-corrected chi connectivity index (χ0v) is 19.2. The molecule has 0 spiro atoms. The van der Waals surface area contributed by atoms with E-state index >= 15 is 0 Å². The molecule has 0 radical (unpaired) electrons. The minimum atomic E-state index is -0.265. The van der Waals surface area contributed by atoms with E-state index in [4.69, 9.17) is 4.42 Å². The molecular weight excluding hydrogens is 428 g/mol. The Morgan fingerprint density at radius 3 is 2.56 bits per heavy atom. The molecule has 7 heteroatoms. The van der Waals surface area contributed by atoms with Crippen LogP contribution in [0.15, 0.2) is 89.7 Å². The zero-order valence-electron chi connectivity index (χ0n) is 19.2. The van der Waals surface area contributed by atoms with Gasteiger partial charge in [-0.15, -0.1) is 0 Å². The summed E-state index contributed by atoms with van der Waals surface area (Å²) in [5.74, 6) is 0.687. The number of nitrogens with one attached hydrogen (secondary N) is 1. The van der Waals surface area contributed by atoms with Crippen LogP contribution < -0.4 is 5.32 Å². The van der Waals surface area contributed by atoms with E-state index in [1.165, 1.54) is 0 Å². The summed E-state index contributed by atoms with van der Waals surface area (Å²) in [4.78, 5) is 31.3. The third-order valence-corrected chi connectivity index (χ3v) is 5.49. The van der Waals surface area contributed by atoms with E-state index in [2.05, 4.69) is 17.2 Å². The predicted octanol–water partition coefficient (Wildman–Crippen LogP) is 4.51. The fourth-order valence-electron chi connectivity index (χ4n) is 3.75. The van der Waals surface area contributed by atoms with Crippen molar-refractivity contribution in [2.24, 2.45) is 0 Å². The first-order chi connectivity index (χ1) is 16.6. The van der Waals surface area contributed by atoms with Crippen molar-refractivity contribution in [1.82, 2.24) is 19.8 Å². The SMILES string of the molecule is CCCN(Cc1cccn1Cc1ccc(C(=O)NCc2ccncc2)o1)C(=O)c1ccccc1. The Bertz CT molecular complexity index is 1210. The lowest BCUT2D eigenvalue weighted by Gasteiger charge is -2.23. The fraction of sp³-hybridized carbons (Fsp3) is 0.222. The Kier molecular flexibility index (Phi) is 7.55. The first kappa shape index (κ1) is 23.0. The number of carbonyl (C=O) groups excluding carboxylic acids is 2. The van der Waals surface area contributed by atoms with Gasteiger partial charge >= 0.3 is 0 Å². The summed E-state index contributed by atoms with van der Waals surface area (Å²) >= 11 is 0. The van der Waals surface area contributed by atoms with Crippen LogP contribution in [0.3, 0.4) is 0 Å². The van der Waals surface area contributed by atoms with E-state index in [1.54, 1.807) is 18.5 Å². The summed E-state index contributed by atoms with van der Waals surface area (Å²) in [6, 6.07) is 20.5. The van der Waals surface area contributed by atoms with Gasteiger partial charge in [-0.05, 0) is 60.5 Å². The molecule has 0 bridgehead atoms. The average Bonchev–Trinajstić information content (AvgIpc) is 3.53. The molecule has 174 valence electrons. The molecule has 0 fully saturated rings. The van der Waals surface area contributed by atoms with E-state index in [-0.39, 0.29) is 17.6 Å². The Morgan fingerprint density at radius 1 is 1.00 bits per heavy atom. The standard InChI is InChI=1S/C27H28N4O3/c1-2-16-31(27(33)22-7-4-3-5-8-22)19-23-9-6-17-30(23)20-24-10-11-25(34-24)26(32)29-18-21-12-14-28-15-13-21/h3-15,17H,2,16,18-20H2,1H3,(H,29,32). The van der Waals surface area contributed by atoms with Crippen molar-refractivity contribution in [3.63, 3.8) is 0 Å². The molecule has 34 heavy (non-hydrogen) atoms. The molecule has 3 aromatic heterocycles. The highest BCUT2D eigenvalue weighted by Gasteiger charge is 2.17. The summed E-state index contributed by atoms with van der Waals surface area (Å²) < 4.78 is 7.85. The van der Waals surface area contributed by atoms with Gasteiger partial charge in [0.25, 0.3) is 11.8 Å². The van der Waals surface area contributed by atoms with Crippen LogP contribution in [0.4, 0.5) is 0 Å². The molecule has 1 aromatic carbocycles. The van der Waals surface area contributed by atoms with Crippen molar-refractivity contribution in [2.75, 3.05) is 6.54 Å². The van der Waals surface area contributed by atoms with Gasteiger partial charge < -0.3 is 19.2 Å². The van der Waals surface area contributed by atoms with Crippen molar-refractivity contribution < 1.29 is 14.0 Å². The van der Waals surface area contributed by atoms with Crippen LogP contribution >= 0.6 is 0 Å². The number of aromatic nitrogens is 2. The third-order valence-electron chi connectivity index (χ3n) is 5.49. The lowest BCUT2D eigenvalue weighted by molar-refractivity contribution is 0.0739.